The van der Waals surface area contributed by atoms with Crippen LogP contribution in [-0.2, 0) is 11.0 Å². The predicted molar refractivity (Wildman–Crippen MR) is 84.1 cm³/mol. The normalized spacial score (nSPS) is 18.6. The second-order valence-electron chi connectivity index (χ2n) is 6.29. The van der Waals surface area contributed by atoms with Crippen LogP contribution in [0.5, 0.6) is 0 Å². The molecule has 25 heavy (non-hydrogen) atoms. The van der Waals surface area contributed by atoms with E-state index in [9.17, 15) is 18.0 Å². The molecule has 3 rings (SSSR count). The number of piperidine rings is 1. The summed E-state index contributed by atoms with van der Waals surface area (Å²) in [4.78, 5) is 20.6. The Kier molecular flexibility index (Phi) is 4.53. The average Bonchev–Trinajstić information content (AvgIpc) is 2.96. The summed E-state index contributed by atoms with van der Waals surface area (Å²) in [5.41, 5.74) is 0.576. The summed E-state index contributed by atoms with van der Waals surface area (Å²) in [6.07, 6.45) is -2.78. The quantitative estimate of drug-likeness (QED) is 0.908. The maximum Gasteiger partial charge on any atom is 0.453 e. The molecule has 1 fully saturated rings. The molecular formula is C15H19F3N6O. The van der Waals surface area contributed by atoms with Gasteiger partial charge in [-0.15, -0.1) is 5.10 Å². The molecule has 2 aromatic rings. The molecule has 1 aliphatic rings. The summed E-state index contributed by atoms with van der Waals surface area (Å²) in [6.45, 7) is 5.05. The highest BCUT2D eigenvalue weighted by molar-refractivity contribution is 5.72. The summed E-state index contributed by atoms with van der Waals surface area (Å²) in [5, 5.41) is 6.40. The minimum absolute atomic E-state index is 0.0636. The van der Waals surface area contributed by atoms with Gasteiger partial charge in [-0.1, -0.05) is 0 Å². The SMILES string of the molecule is CC(=O)NCC1CCCN(c2cc(C)nc3nc(C(F)(F)F)nn23)C1. The first-order valence-electron chi connectivity index (χ1n) is 8.05. The Morgan fingerprint density at radius 3 is 2.84 bits per heavy atom. The Morgan fingerprint density at radius 2 is 2.16 bits per heavy atom. The van der Waals surface area contributed by atoms with Gasteiger partial charge in [-0.3, -0.25) is 4.79 Å². The number of aromatic nitrogens is 4. The van der Waals surface area contributed by atoms with Crippen molar-refractivity contribution in [1.29, 1.82) is 0 Å². The largest absolute Gasteiger partial charge is 0.453 e. The highest BCUT2D eigenvalue weighted by atomic mass is 19.4. The van der Waals surface area contributed by atoms with Gasteiger partial charge in [-0.25, -0.2) is 4.98 Å². The molecule has 1 N–H and O–H groups in total. The number of nitrogens with zero attached hydrogens (tertiary/aromatic N) is 5. The Morgan fingerprint density at radius 1 is 1.40 bits per heavy atom. The maximum absolute atomic E-state index is 12.9. The van der Waals surface area contributed by atoms with Gasteiger partial charge < -0.3 is 10.2 Å². The molecular weight excluding hydrogens is 337 g/mol. The third-order valence-electron chi connectivity index (χ3n) is 4.16. The molecule has 1 atom stereocenters. The monoisotopic (exact) mass is 356 g/mol. The second-order valence-corrected chi connectivity index (χ2v) is 6.29. The number of anilines is 1. The van der Waals surface area contributed by atoms with E-state index in [0.29, 0.717) is 31.1 Å². The number of aryl methyl sites for hydroxylation is 1. The van der Waals surface area contributed by atoms with Crippen molar-refractivity contribution in [2.24, 2.45) is 5.92 Å². The molecule has 1 saturated heterocycles. The summed E-state index contributed by atoms with van der Waals surface area (Å²) in [7, 11) is 0. The molecule has 3 heterocycles. The Labute approximate surface area is 142 Å². The van der Waals surface area contributed by atoms with Crippen LogP contribution in [0.4, 0.5) is 19.0 Å². The van der Waals surface area contributed by atoms with E-state index in [4.69, 9.17) is 0 Å². The fourth-order valence-corrected chi connectivity index (χ4v) is 3.04. The van der Waals surface area contributed by atoms with Crippen molar-refractivity contribution in [3.05, 3.63) is 17.6 Å². The van der Waals surface area contributed by atoms with Crippen LogP contribution in [0.3, 0.4) is 0 Å². The fraction of sp³-hybridized carbons (Fsp3) is 0.600. The van der Waals surface area contributed by atoms with Gasteiger partial charge in [0.15, 0.2) is 0 Å². The Hall–Kier alpha value is -2.39. The summed E-state index contributed by atoms with van der Waals surface area (Å²) in [5.74, 6) is -0.583. The fourth-order valence-electron chi connectivity index (χ4n) is 3.04. The number of hydrogen-bond acceptors (Lipinski definition) is 5. The molecule has 0 aliphatic carbocycles. The number of alkyl halides is 3. The number of hydrogen-bond donors (Lipinski definition) is 1. The summed E-state index contributed by atoms with van der Waals surface area (Å²) in [6, 6.07) is 1.71. The van der Waals surface area contributed by atoms with E-state index in [2.05, 4.69) is 20.4 Å². The van der Waals surface area contributed by atoms with Gasteiger partial charge in [0.1, 0.15) is 5.82 Å². The highest BCUT2D eigenvalue weighted by Crippen LogP contribution is 2.29. The number of carbonyl (C=O) groups is 1. The number of nitrogens with one attached hydrogen (secondary N) is 1. The molecule has 1 aliphatic heterocycles. The molecule has 7 nitrogen and oxygen atoms in total. The van der Waals surface area contributed by atoms with Gasteiger partial charge in [0.05, 0.1) is 0 Å². The molecule has 0 radical (unpaired) electrons. The molecule has 1 amide bonds. The van der Waals surface area contributed by atoms with Gasteiger partial charge in [-0.05, 0) is 25.7 Å². The first-order valence-corrected chi connectivity index (χ1v) is 8.05. The van der Waals surface area contributed by atoms with E-state index in [1.165, 1.54) is 6.92 Å². The van der Waals surface area contributed by atoms with Crippen molar-refractivity contribution in [1.82, 2.24) is 24.9 Å². The molecule has 0 aromatic carbocycles. The third-order valence-corrected chi connectivity index (χ3v) is 4.16. The molecule has 0 bridgehead atoms. The van der Waals surface area contributed by atoms with Gasteiger partial charge in [0, 0.05) is 38.3 Å². The smallest absolute Gasteiger partial charge is 0.356 e. The number of amides is 1. The Bertz CT molecular complexity index is 787. The van der Waals surface area contributed by atoms with Crippen molar-refractivity contribution in [3.8, 4) is 0 Å². The number of rotatable bonds is 3. The van der Waals surface area contributed by atoms with Crippen molar-refractivity contribution < 1.29 is 18.0 Å². The third kappa shape index (κ3) is 3.83. The van der Waals surface area contributed by atoms with Gasteiger partial charge in [0.25, 0.3) is 11.6 Å². The van der Waals surface area contributed by atoms with E-state index < -0.39 is 12.0 Å². The zero-order chi connectivity index (χ0) is 18.2. The average molecular weight is 356 g/mol. The maximum atomic E-state index is 12.9. The highest BCUT2D eigenvalue weighted by Gasteiger charge is 2.37. The molecule has 136 valence electrons. The van der Waals surface area contributed by atoms with Crippen LogP contribution < -0.4 is 10.2 Å². The predicted octanol–water partition coefficient (Wildman–Crippen LogP) is 1.80. The van der Waals surface area contributed by atoms with Crippen LogP contribution in [0.15, 0.2) is 6.07 Å². The first kappa shape index (κ1) is 17.4. The molecule has 0 saturated carbocycles. The molecule has 2 aromatic heterocycles. The van der Waals surface area contributed by atoms with Crippen molar-refractivity contribution in [2.75, 3.05) is 24.5 Å². The number of fused-ring (bicyclic) bond motifs is 1. The van der Waals surface area contributed by atoms with Crippen LogP contribution in [-0.4, -0.2) is 45.1 Å². The van der Waals surface area contributed by atoms with E-state index in [1.54, 1.807) is 13.0 Å². The lowest BCUT2D eigenvalue weighted by Crippen LogP contribution is -2.41. The second kappa shape index (κ2) is 6.49. The zero-order valence-electron chi connectivity index (χ0n) is 14.0. The standard InChI is InChI=1S/C15H19F3N6O/c1-9-6-12(23-5-3-4-11(8-23)7-19-10(2)25)24-14(20-9)21-13(22-24)15(16,17)18/h6,11H,3-5,7-8H2,1-2H3,(H,19,25). The van der Waals surface area contributed by atoms with E-state index in [-0.39, 0.29) is 17.6 Å². The minimum atomic E-state index is -4.62. The number of carbonyl (C=O) groups excluding carboxylic acids is 1. The summed E-state index contributed by atoms with van der Waals surface area (Å²) < 4.78 is 39.9. The van der Waals surface area contributed by atoms with Gasteiger partial charge in [-0.2, -0.15) is 22.7 Å². The van der Waals surface area contributed by atoms with Crippen LogP contribution in [0.25, 0.3) is 5.78 Å². The van der Waals surface area contributed by atoms with Crippen LogP contribution in [0, 0.1) is 12.8 Å². The summed E-state index contributed by atoms with van der Waals surface area (Å²) >= 11 is 0. The lowest BCUT2D eigenvalue weighted by atomic mass is 9.98. The zero-order valence-corrected chi connectivity index (χ0v) is 14.0. The Balaban J connectivity index is 1.91. The topological polar surface area (TPSA) is 75.4 Å². The van der Waals surface area contributed by atoms with E-state index >= 15 is 0 Å². The van der Waals surface area contributed by atoms with E-state index in [1.807, 2.05) is 4.90 Å². The van der Waals surface area contributed by atoms with Crippen LogP contribution in [0.2, 0.25) is 0 Å². The lowest BCUT2D eigenvalue weighted by Gasteiger charge is -2.34. The molecule has 1 unspecified atom stereocenters. The van der Waals surface area contributed by atoms with Crippen molar-refractivity contribution in [3.63, 3.8) is 0 Å². The van der Waals surface area contributed by atoms with Gasteiger partial charge >= 0.3 is 6.18 Å². The van der Waals surface area contributed by atoms with Gasteiger partial charge in [0.2, 0.25) is 5.91 Å². The van der Waals surface area contributed by atoms with E-state index in [0.717, 1.165) is 17.4 Å². The van der Waals surface area contributed by atoms with Crippen LogP contribution >= 0.6 is 0 Å². The first-order chi connectivity index (χ1) is 11.7. The number of halogens is 3. The van der Waals surface area contributed by atoms with Crippen molar-refractivity contribution in [2.45, 2.75) is 32.9 Å². The minimum Gasteiger partial charge on any atom is -0.356 e. The molecule has 10 heteroatoms. The van der Waals surface area contributed by atoms with Crippen LogP contribution in [0.1, 0.15) is 31.3 Å². The molecule has 0 spiro atoms. The lowest BCUT2D eigenvalue weighted by molar-refractivity contribution is -0.144. The van der Waals surface area contributed by atoms with Crippen molar-refractivity contribution >= 4 is 17.5 Å².